The summed E-state index contributed by atoms with van der Waals surface area (Å²) in [6, 6.07) is 2.36. The van der Waals surface area contributed by atoms with Gasteiger partial charge in [-0.2, -0.15) is 11.3 Å². The largest absolute Gasteiger partial charge is 0.318 e. The van der Waals surface area contributed by atoms with Crippen molar-refractivity contribution in [2.45, 2.75) is 71.1 Å². The lowest BCUT2D eigenvalue weighted by molar-refractivity contribution is -0.137. The number of hydrogen-bond acceptors (Lipinski definition) is 3. The van der Waals surface area contributed by atoms with Crippen LogP contribution in [0.25, 0.3) is 0 Å². The fourth-order valence-corrected chi connectivity index (χ4v) is 4.26. The SMILES string of the molecule is CC(N1C(=O)C2(CCCC2)NC1c1ccsc1)C(C)(C)C. The Kier molecular flexibility index (Phi) is 3.65. The van der Waals surface area contributed by atoms with Crippen LogP contribution in [0.1, 0.15) is 65.1 Å². The quantitative estimate of drug-likeness (QED) is 0.898. The van der Waals surface area contributed by atoms with Crippen molar-refractivity contribution in [3.05, 3.63) is 22.4 Å². The minimum atomic E-state index is -0.299. The number of nitrogens with zero attached hydrogens (tertiary/aromatic N) is 1. The van der Waals surface area contributed by atoms with E-state index in [2.05, 4.69) is 54.7 Å². The smallest absolute Gasteiger partial charge is 0.244 e. The van der Waals surface area contributed by atoms with Crippen molar-refractivity contribution in [1.29, 1.82) is 0 Å². The zero-order valence-electron chi connectivity index (χ0n) is 13.5. The van der Waals surface area contributed by atoms with Gasteiger partial charge < -0.3 is 4.90 Å². The van der Waals surface area contributed by atoms with Gasteiger partial charge in [0.2, 0.25) is 5.91 Å². The molecule has 1 saturated heterocycles. The van der Waals surface area contributed by atoms with E-state index in [1.54, 1.807) is 11.3 Å². The second-order valence-electron chi connectivity index (χ2n) is 7.65. The standard InChI is InChI=1S/C17H26N2OS/c1-12(16(2,3)4)19-14(13-7-10-21-11-13)18-17(15(19)20)8-5-6-9-17/h7,10-12,14,18H,5-6,8-9H2,1-4H3. The van der Waals surface area contributed by atoms with Gasteiger partial charge in [-0.1, -0.05) is 33.6 Å². The molecule has 3 nitrogen and oxygen atoms in total. The molecule has 0 aromatic carbocycles. The molecule has 1 aliphatic carbocycles. The molecule has 1 aromatic heterocycles. The van der Waals surface area contributed by atoms with Crippen LogP contribution in [-0.4, -0.2) is 22.4 Å². The maximum Gasteiger partial charge on any atom is 0.244 e. The highest BCUT2D eigenvalue weighted by atomic mass is 32.1. The zero-order chi connectivity index (χ0) is 15.3. The molecule has 0 bridgehead atoms. The molecule has 2 aliphatic rings. The van der Waals surface area contributed by atoms with Crippen LogP contribution in [0, 0.1) is 5.41 Å². The van der Waals surface area contributed by atoms with E-state index in [-0.39, 0.29) is 23.2 Å². The molecule has 4 heteroatoms. The number of nitrogens with one attached hydrogen (secondary N) is 1. The molecule has 1 spiro atoms. The third-order valence-corrected chi connectivity index (χ3v) is 6.02. The summed E-state index contributed by atoms with van der Waals surface area (Å²) in [5.74, 6) is 0.318. The van der Waals surface area contributed by atoms with Crippen LogP contribution in [0.15, 0.2) is 16.8 Å². The lowest BCUT2D eigenvalue weighted by Gasteiger charge is -2.38. The van der Waals surface area contributed by atoms with Gasteiger partial charge in [0.1, 0.15) is 6.17 Å². The first-order chi connectivity index (χ1) is 9.85. The predicted molar refractivity (Wildman–Crippen MR) is 87.2 cm³/mol. The number of thiophene rings is 1. The maximum atomic E-state index is 13.2. The van der Waals surface area contributed by atoms with Crippen molar-refractivity contribution in [3.63, 3.8) is 0 Å². The second kappa shape index (κ2) is 5.10. The Morgan fingerprint density at radius 1 is 1.38 bits per heavy atom. The van der Waals surface area contributed by atoms with Crippen LogP contribution in [0.5, 0.6) is 0 Å². The minimum Gasteiger partial charge on any atom is -0.318 e. The summed E-state index contributed by atoms with van der Waals surface area (Å²) in [6.07, 6.45) is 4.33. The highest BCUT2D eigenvalue weighted by Gasteiger charge is 2.54. The van der Waals surface area contributed by atoms with E-state index in [1.807, 2.05) is 0 Å². The van der Waals surface area contributed by atoms with Crippen molar-refractivity contribution in [3.8, 4) is 0 Å². The summed E-state index contributed by atoms with van der Waals surface area (Å²) in [4.78, 5) is 15.3. The monoisotopic (exact) mass is 306 g/mol. The first-order valence-electron chi connectivity index (χ1n) is 7.98. The van der Waals surface area contributed by atoms with Gasteiger partial charge in [0, 0.05) is 6.04 Å². The highest BCUT2D eigenvalue weighted by molar-refractivity contribution is 7.08. The number of rotatable bonds is 2. The van der Waals surface area contributed by atoms with Crippen LogP contribution in [0.3, 0.4) is 0 Å². The first-order valence-corrected chi connectivity index (χ1v) is 8.92. The molecule has 2 fully saturated rings. The summed E-state index contributed by atoms with van der Waals surface area (Å²) in [6.45, 7) is 8.84. The number of hydrogen-bond donors (Lipinski definition) is 1. The van der Waals surface area contributed by atoms with Crippen molar-refractivity contribution in [2.24, 2.45) is 5.41 Å². The van der Waals surface area contributed by atoms with E-state index in [4.69, 9.17) is 0 Å². The molecule has 2 unspecified atom stereocenters. The molecule has 3 rings (SSSR count). The van der Waals surface area contributed by atoms with Gasteiger partial charge in [-0.3, -0.25) is 10.1 Å². The summed E-state index contributed by atoms with van der Waals surface area (Å²) in [5, 5.41) is 7.97. The molecular formula is C17H26N2OS. The van der Waals surface area contributed by atoms with E-state index in [9.17, 15) is 4.79 Å². The van der Waals surface area contributed by atoms with Gasteiger partial charge in [0.05, 0.1) is 5.54 Å². The summed E-state index contributed by atoms with van der Waals surface area (Å²) in [5.41, 5.74) is 1.01. The Bertz CT molecular complexity index is 511. The summed E-state index contributed by atoms with van der Waals surface area (Å²) >= 11 is 1.70. The van der Waals surface area contributed by atoms with E-state index >= 15 is 0 Å². The Hall–Kier alpha value is -0.870. The summed E-state index contributed by atoms with van der Waals surface area (Å²) < 4.78 is 0. The number of amides is 1. The van der Waals surface area contributed by atoms with Gasteiger partial charge in [0.15, 0.2) is 0 Å². The Morgan fingerprint density at radius 2 is 2.05 bits per heavy atom. The Labute approximate surface area is 131 Å². The van der Waals surface area contributed by atoms with Crippen LogP contribution in [-0.2, 0) is 4.79 Å². The van der Waals surface area contributed by atoms with Crippen molar-refractivity contribution >= 4 is 17.2 Å². The molecule has 1 saturated carbocycles. The van der Waals surface area contributed by atoms with E-state index in [0.717, 1.165) is 25.7 Å². The molecule has 1 N–H and O–H groups in total. The molecule has 116 valence electrons. The van der Waals surface area contributed by atoms with Gasteiger partial charge in [0.25, 0.3) is 0 Å². The third-order valence-electron chi connectivity index (χ3n) is 5.32. The van der Waals surface area contributed by atoms with Crippen molar-refractivity contribution in [1.82, 2.24) is 10.2 Å². The molecule has 2 heterocycles. The van der Waals surface area contributed by atoms with Crippen LogP contribution in [0.2, 0.25) is 0 Å². The van der Waals surface area contributed by atoms with Crippen molar-refractivity contribution in [2.75, 3.05) is 0 Å². The average molecular weight is 306 g/mol. The number of carbonyl (C=O) groups is 1. The fraction of sp³-hybridized carbons (Fsp3) is 0.706. The predicted octanol–water partition coefficient (Wildman–Crippen LogP) is 3.93. The average Bonchev–Trinajstić information content (AvgIpc) is 3.12. The molecule has 21 heavy (non-hydrogen) atoms. The van der Waals surface area contributed by atoms with Gasteiger partial charge in [-0.15, -0.1) is 0 Å². The molecule has 1 aromatic rings. The van der Waals surface area contributed by atoms with Crippen LogP contribution < -0.4 is 5.32 Å². The lowest BCUT2D eigenvalue weighted by atomic mass is 9.86. The minimum absolute atomic E-state index is 0.0380. The Balaban J connectivity index is 1.98. The third kappa shape index (κ3) is 2.42. The van der Waals surface area contributed by atoms with E-state index in [0.29, 0.717) is 5.91 Å². The molecule has 1 amide bonds. The summed E-state index contributed by atoms with van der Waals surface area (Å²) in [7, 11) is 0. The van der Waals surface area contributed by atoms with Gasteiger partial charge in [-0.05, 0) is 47.6 Å². The van der Waals surface area contributed by atoms with Gasteiger partial charge in [-0.25, -0.2) is 0 Å². The van der Waals surface area contributed by atoms with Gasteiger partial charge >= 0.3 is 0 Å². The van der Waals surface area contributed by atoms with E-state index in [1.165, 1.54) is 5.56 Å². The first kappa shape index (κ1) is 15.0. The zero-order valence-corrected chi connectivity index (χ0v) is 14.3. The van der Waals surface area contributed by atoms with Crippen molar-refractivity contribution < 1.29 is 4.79 Å². The highest BCUT2D eigenvalue weighted by Crippen LogP contribution is 2.44. The maximum absolute atomic E-state index is 13.2. The normalized spacial score (nSPS) is 26.8. The molecule has 0 radical (unpaired) electrons. The lowest BCUT2D eigenvalue weighted by Crippen LogP contribution is -2.48. The second-order valence-corrected chi connectivity index (χ2v) is 8.43. The van der Waals surface area contributed by atoms with Crippen LogP contribution >= 0.6 is 11.3 Å². The molecular weight excluding hydrogens is 280 g/mol. The number of carbonyl (C=O) groups excluding carboxylic acids is 1. The Morgan fingerprint density at radius 3 is 2.57 bits per heavy atom. The topological polar surface area (TPSA) is 32.3 Å². The molecule has 2 atom stereocenters. The van der Waals surface area contributed by atoms with Crippen LogP contribution in [0.4, 0.5) is 0 Å². The fourth-order valence-electron chi connectivity index (χ4n) is 3.59. The van der Waals surface area contributed by atoms with E-state index < -0.39 is 0 Å². The molecule has 1 aliphatic heterocycles.